The molecule has 0 rings (SSSR count). The van der Waals surface area contributed by atoms with E-state index in [0.717, 1.165) is 25.7 Å². The van der Waals surface area contributed by atoms with Crippen molar-refractivity contribution in [1.82, 2.24) is 0 Å². The number of aliphatic hydroxyl groups excluding tert-OH is 1. The zero-order valence-corrected chi connectivity index (χ0v) is 13.1. The lowest BCUT2D eigenvalue weighted by Gasteiger charge is -2.14. The maximum Gasteiger partial charge on any atom is 0.161 e. The van der Waals surface area contributed by atoms with Gasteiger partial charge in [0, 0.05) is 5.92 Å². The van der Waals surface area contributed by atoms with E-state index in [1.807, 2.05) is 0 Å². The molecule has 0 atom stereocenters. The summed E-state index contributed by atoms with van der Waals surface area (Å²) < 4.78 is 0. The summed E-state index contributed by atoms with van der Waals surface area (Å²) in [7, 11) is 0. The molecule has 2 heteroatoms. The number of unbranched alkanes of at least 4 members (excludes halogenated alkanes) is 8. The van der Waals surface area contributed by atoms with E-state index >= 15 is 0 Å². The number of rotatable bonds is 14. The van der Waals surface area contributed by atoms with Gasteiger partial charge in [-0.1, -0.05) is 78.1 Å². The van der Waals surface area contributed by atoms with Crippen molar-refractivity contribution >= 4 is 5.78 Å². The average molecular weight is 270 g/mol. The van der Waals surface area contributed by atoms with Crippen LogP contribution in [-0.4, -0.2) is 17.5 Å². The van der Waals surface area contributed by atoms with Crippen molar-refractivity contribution in [3.63, 3.8) is 0 Å². The number of hydrogen-bond donors (Lipinski definition) is 1. The molecule has 0 aliphatic rings. The van der Waals surface area contributed by atoms with Crippen LogP contribution in [-0.2, 0) is 4.79 Å². The molecule has 0 aromatic carbocycles. The Balaban J connectivity index is 3.73. The second-order valence-electron chi connectivity index (χ2n) is 5.73. The molecule has 0 bridgehead atoms. The molecule has 0 saturated carbocycles. The van der Waals surface area contributed by atoms with E-state index < -0.39 is 0 Å². The molecule has 114 valence electrons. The second-order valence-corrected chi connectivity index (χ2v) is 5.73. The molecular weight excluding hydrogens is 236 g/mol. The first kappa shape index (κ1) is 18.6. The van der Waals surface area contributed by atoms with Crippen LogP contribution in [0.25, 0.3) is 0 Å². The Morgan fingerprint density at radius 2 is 1.21 bits per heavy atom. The van der Waals surface area contributed by atoms with Gasteiger partial charge in [-0.15, -0.1) is 0 Å². The summed E-state index contributed by atoms with van der Waals surface area (Å²) in [4.78, 5) is 11.7. The summed E-state index contributed by atoms with van der Waals surface area (Å²) in [5, 5.41) is 9.04. The van der Waals surface area contributed by atoms with E-state index in [1.54, 1.807) is 0 Å². The monoisotopic (exact) mass is 270 g/mol. The van der Waals surface area contributed by atoms with Gasteiger partial charge in [-0.05, 0) is 12.8 Å². The first-order valence-electron chi connectivity index (χ1n) is 8.39. The minimum absolute atomic E-state index is 0.0611. The Labute approximate surface area is 120 Å². The van der Waals surface area contributed by atoms with E-state index in [4.69, 9.17) is 5.11 Å². The Bertz CT molecular complexity index is 187. The highest BCUT2D eigenvalue weighted by Crippen LogP contribution is 2.19. The molecule has 1 N–H and O–H groups in total. The number of hydrogen-bond acceptors (Lipinski definition) is 2. The van der Waals surface area contributed by atoms with Crippen molar-refractivity contribution in [2.45, 2.75) is 90.9 Å². The molecular formula is C17H34O2. The number of ketones is 1. The Morgan fingerprint density at radius 1 is 0.789 bits per heavy atom. The molecule has 0 fully saturated rings. The van der Waals surface area contributed by atoms with Crippen LogP contribution in [0.15, 0.2) is 0 Å². The van der Waals surface area contributed by atoms with Crippen LogP contribution in [0.3, 0.4) is 0 Å². The van der Waals surface area contributed by atoms with E-state index in [9.17, 15) is 4.79 Å². The zero-order chi connectivity index (χ0) is 14.3. The predicted molar refractivity (Wildman–Crippen MR) is 82.3 cm³/mol. The largest absolute Gasteiger partial charge is 0.389 e. The number of carbonyl (C=O) groups excluding carboxylic acids is 1. The van der Waals surface area contributed by atoms with Gasteiger partial charge >= 0.3 is 0 Å². The molecule has 19 heavy (non-hydrogen) atoms. The van der Waals surface area contributed by atoms with Crippen LogP contribution in [0.2, 0.25) is 0 Å². The summed E-state index contributed by atoms with van der Waals surface area (Å²) in [6.07, 6.45) is 14.4. The van der Waals surface area contributed by atoms with Gasteiger partial charge in [-0.25, -0.2) is 0 Å². The Hall–Kier alpha value is -0.370. The van der Waals surface area contributed by atoms with Gasteiger partial charge in [0.05, 0.1) is 0 Å². The van der Waals surface area contributed by atoms with Gasteiger partial charge in [-0.2, -0.15) is 0 Å². The van der Waals surface area contributed by atoms with E-state index in [2.05, 4.69) is 13.8 Å². The molecule has 0 spiro atoms. The maximum atomic E-state index is 11.7. The van der Waals surface area contributed by atoms with Crippen LogP contribution in [0.5, 0.6) is 0 Å². The topological polar surface area (TPSA) is 37.3 Å². The summed E-state index contributed by atoms with van der Waals surface area (Å²) in [6.45, 7) is 4.16. The van der Waals surface area contributed by atoms with Crippen molar-refractivity contribution < 1.29 is 9.90 Å². The van der Waals surface area contributed by atoms with Crippen LogP contribution in [0, 0.1) is 5.92 Å². The molecule has 0 radical (unpaired) electrons. The smallest absolute Gasteiger partial charge is 0.161 e. The molecule has 0 amide bonds. The quantitative estimate of drug-likeness (QED) is 0.456. The zero-order valence-electron chi connectivity index (χ0n) is 13.1. The first-order chi connectivity index (χ1) is 9.26. The molecule has 0 aliphatic carbocycles. The second kappa shape index (κ2) is 14.0. The minimum atomic E-state index is -0.269. The normalized spacial score (nSPS) is 11.2. The fourth-order valence-corrected chi connectivity index (χ4v) is 2.58. The number of carbonyl (C=O) groups is 1. The van der Waals surface area contributed by atoms with Crippen molar-refractivity contribution in [1.29, 1.82) is 0 Å². The Kier molecular flexibility index (Phi) is 13.8. The van der Waals surface area contributed by atoms with Crippen LogP contribution < -0.4 is 0 Å². The van der Waals surface area contributed by atoms with Gasteiger partial charge in [-0.3, -0.25) is 4.79 Å². The fraction of sp³-hybridized carbons (Fsp3) is 0.941. The van der Waals surface area contributed by atoms with Gasteiger partial charge in [0.25, 0.3) is 0 Å². The van der Waals surface area contributed by atoms with Gasteiger partial charge in [0.15, 0.2) is 5.78 Å². The third-order valence-electron chi connectivity index (χ3n) is 3.92. The van der Waals surface area contributed by atoms with Gasteiger partial charge in [0.2, 0.25) is 0 Å². The summed E-state index contributed by atoms with van der Waals surface area (Å²) in [6, 6.07) is 0. The lowest BCUT2D eigenvalue weighted by Crippen LogP contribution is -2.18. The highest BCUT2D eigenvalue weighted by atomic mass is 16.3. The van der Waals surface area contributed by atoms with Gasteiger partial charge in [0.1, 0.15) is 6.61 Å². The number of aliphatic hydroxyl groups is 1. The number of Topliss-reactive ketones (excluding diaryl/α,β-unsaturated/α-hetero) is 1. The van der Waals surface area contributed by atoms with Crippen molar-refractivity contribution in [3.8, 4) is 0 Å². The maximum absolute atomic E-state index is 11.7. The summed E-state index contributed by atoms with van der Waals surface area (Å²) in [5.41, 5.74) is 0. The van der Waals surface area contributed by atoms with Crippen molar-refractivity contribution in [3.05, 3.63) is 0 Å². The SMILES string of the molecule is CCCCCCCC(CCCCCCC)C(=O)CO. The molecule has 0 aromatic heterocycles. The molecule has 0 unspecified atom stereocenters. The highest BCUT2D eigenvalue weighted by molar-refractivity contribution is 5.81. The van der Waals surface area contributed by atoms with Crippen LogP contribution in [0.1, 0.15) is 90.9 Å². The third-order valence-corrected chi connectivity index (χ3v) is 3.92. The third kappa shape index (κ3) is 11.2. The molecule has 2 nitrogen and oxygen atoms in total. The molecule has 0 aromatic rings. The predicted octanol–water partition coefficient (Wildman–Crippen LogP) is 4.89. The van der Waals surface area contributed by atoms with E-state index in [0.29, 0.717) is 0 Å². The lowest BCUT2D eigenvalue weighted by molar-refractivity contribution is -0.126. The van der Waals surface area contributed by atoms with E-state index in [-0.39, 0.29) is 18.3 Å². The summed E-state index contributed by atoms with van der Waals surface area (Å²) in [5.74, 6) is 0.180. The molecule has 0 aliphatic heterocycles. The van der Waals surface area contributed by atoms with Crippen molar-refractivity contribution in [2.24, 2.45) is 5.92 Å². The average Bonchev–Trinajstić information content (AvgIpc) is 2.43. The summed E-state index contributed by atoms with van der Waals surface area (Å²) >= 11 is 0. The Morgan fingerprint density at radius 3 is 1.58 bits per heavy atom. The standard InChI is InChI=1S/C17H34O2/c1-3-5-7-9-11-13-16(17(19)15-18)14-12-10-8-6-4-2/h16,18H,3-15H2,1-2H3. The molecule has 0 saturated heterocycles. The first-order valence-corrected chi connectivity index (χ1v) is 8.39. The van der Waals surface area contributed by atoms with Crippen LogP contribution in [0.4, 0.5) is 0 Å². The van der Waals surface area contributed by atoms with E-state index in [1.165, 1.54) is 51.4 Å². The lowest BCUT2D eigenvalue weighted by atomic mass is 9.91. The van der Waals surface area contributed by atoms with Gasteiger partial charge < -0.3 is 5.11 Å². The van der Waals surface area contributed by atoms with Crippen molar-refractivity contribution in [2.75, 3.05) is 6.61 Å². The highest BCUT2D eigenvalue weighted by Gasteiger charge is 2.16. The minimum Gasteiger partial charge on any atom is -0.389 e. The van der Waals surface area contributed by atoms with Crippen LogP contribution >= 0.6 is 0 Å². The fourth-order valence-electron chi connectivity index (χ4n) is 2.58. The molecule has 0 heterocycles.